The summed E-state index contributed by atoms with van der Waals surface area (Å²) < 4.78 is 0. The molecule has 0 radical (unpaired) electrons. The highest BCUT2D eigenvalue weighted by Gasteiger charge is 2.42. The van der Waals surface area contributed by atoms with Gasteiger partial charge in [-0.05, 0) is 112 Å². The molecule has 0 N–H and O–H groups in total. The van der Waals surface area contributed by atoms with Crippen LogP contribution < -0.4 is 4.90 Å². The summed E-state index contributed by atoms with van der Waals surface area (Å²) in [6.45, 7) is 19.0. The Morgan fingerprint density at radius 2 is 0.981 bits per heavy atom. The van der Waals surface area contributed by atoms with E-state index in [9.17, 15) is 0 Å². The second-order valence-corrected chi connectivity index (χ2v) is 17.8. The fraction of sp³-hybridized carbons (Fsp3) is 0.208. The lowest BCUT2D eigenvalue weighted by atomic mass is 9.71. The molecule has 0 fully saturated rings. The van der Waals surface area contributed by atoms with Gasteiger partial charge in [0, 0.05) is 22.4 Å². The minimum Gasteiger partial charge on any atom is -0.310 e. The first-order valence-corrected chi connectivity index (χ1v) is 19.4. The lowest BCUT2D eigenvalue weighted by molar-refractivity contribution is 0.545. The molecule has 8 aromatic carbocycles. The maximum atomic E-state index is 2.52. The van der Waals surface area contributed by atoms with E-state index in [0.29, 0.717) is 0 Å². The molecular formula is C53H49N. The Hall–Kier alpha value is -5.66. The predicted octanol–water partition coefficient (Wildman–Crippen LogP) is 15.2. The van der Waals surface area contributed by atoms with Gasteiger partial charge in [0.05, 0.1) is 5.69 Å². The van der Waals surface area contributed by atoms with Gasteiger partial charge in [-0.2, -0.15) is 0 Å². The number of benzene rings is 8. The maximum absolute atomic E-state index is 2.52. The van der Waals surface area contributed by atoms with Crippen molar-refractivity contribution in [2.75, 3.05) is 4.90 Å². The van der Waals surface area contributed by atoms with Crippen molar-refractivity contribution in [1.82, 2.24) is 0 Å². The second-order valence-electron chi connectivity index (χ2n) is 17.8. The Kier molecular flexibility index (Phi) is 7.70. The first-order valence-electron chi connectivity index (χ1n) is 19.4. The van der Waals surface area contributed by atoms with Gasteiger partial charge in [-0.15, -0.1) is 0 Å². The fourth-order valence-corrected chi connectivity index (χ4v) is 9.10. The van der Waals surface area contributed by atoms with Crippen molar-refractivity contribution < 1.29 is 0 Å². The third-order valence-corrected chi connectivity index (χ3v) is 11.9. The molecule has 0 saturated heterocycles. The standard InChI is InChI=1S/C53H49N/c1-51(2,3)36-31-45-49-46(53(7,8)50(45)47(32-36)52(4,5)6)23-16-24-48(49)54(37-27-25-35(26-28-37)34-17-10-9-11-18-34)38-29-30-43-41-21-13-12-19-39(41)40-20-14-15-22-42(40)44(43)33-38/h9-33H,1-8H3. The van der Waals surface area contributed by atoms with E-state index in [4.69, 9.17) is 0 Å². The molecule has 1 heteroatoms. The van der Waals surface area contributed by atoms with Gasteiger partial charge in [0.1, 0.15) is 0 Å². The number of hydrogen-bond donors (Lipinski definition) is 0. The van der Waals surface area contributed by atoms with Crippen molar-refractivity contribution in [3.05, 3.63) is 174 Å². The molecule has 0 heterocycles. The largest absolute Gasteiger partial charge is 0.310 e. The molecule has 0 amide bonds. The smallest absolute Gasteiger partial charge is 0.0543 e. The fourth-order valence-electron chi connectivity index (χ4n) is 9.10. The Morgan fingerprint density at radius 3 is 1.57 bits per heavy atom. The molecule has 0 spiro atoms. The van der Waals surface area contributed by atoms with Crippen LogP contribution in [-0.4, -0.2) is 0 Å². The number of fused-ring (bicyclic) bond motifs is 9. The first kappa shape index (κ1) is 34.1. The lowest BCUT2D eigenvalue weighted by Gasteiger charge is -2.32. The SMILES string of the molecule is CC(C)(C)c1cc2c(c(C(C)(C)C)c1)C(C)(C)c1cccc(N(c3ccc(-c4ccccc4)cc3)c3ccc4c5ccccc5c5ccccc5c4c3)c1-2. The topological polar surface area (TPSA) is 3.24 Å². The Morgan fingerprint density at radius 1 is 0.444 bits per heavy atom. The van der Waals surface area contributed by atoms with Crippen LogP contribution in [0.5, 0.6) is 0 Å². The van der Waals surface area contributed by atoms with E-state index in [1.807, 2.05) is 0 Å². The lowest BCUT2D eigenvalue weighted by Crippen LogP contribution is -2.24. The summed E-state index contributed by atoms with van der Waals surface area (Å²) in [5, 5.41) is 7.70. The summed E-state index contributed by atoms with van der Waals surface area (Å²) in [5.41, 5.74) is 14.1. The third kappa shape index (κ3) is 5.36. The summed E-state index contributed by atoms with van der Waals surface area (Å²) in [6, 6.07) is 56.7. The zero-order valence-electron chi connectivity index (χ0n) is 32.9. The minimum atomic E-state index is -0.166. The molecule has 0 atom stereocenters. The Labute approximate surface area is 320 Å². The van der Waals surface area contributed by atoms with Crippen LogP contribution in [0, 0.1) is 0 Å². The van der Waals surface area contributed by atoms with Crippen LogP contribution in [0.1, 0.15) is 77.6 Å². The summed E-state index contributed by atoms with van der Waals surface area (Å²) in [5.74, 6) is 0. The average Bonchev–Trinajstić information content (AvgIpc) is 3.41. The van der Waals surface area contributed by atoms with Crippen molar-refractivity contribution in [3.63, 3.8) is 0 Å². The van der Waals surface area contributed by atoms with Gasteiger partial charge in [-0.3, -0.25) is 0 Å². The van der Waals surface area contributed by atoms with Crippen LogP contribution in [0.4, 0.5) is 17.1 Å². The summed E-state index contributed by atoms with van der Waals surface area (Å²) in [7, 11) is 0. The number of rotatable bonds is 4. The summed E-state index contributed by atoms with van der Waals surface area (Å²) >= 11 is 0. The molecule has 0 aromatic heterocycles. The van der Waals surface area contributed by atoms with Gasteiger partial charge >= 0.3 is 0 Å². The van der Waals surface area contributed by atoms with Crippen molar-refractivity contribution in [2.24, 2.45) is 0 Å². The van der Waals surface area contributed by atoms with Crippen molar-refractivity contribution in [3.8, 4) is 22.3 Å². The Balaban J connectivity index is 1.35. The molecule has 0 aliphatic heterocycles. The predicted molar refractivity (Wildman–Crippen MR) is 234 cm³/mol. The van der Waals surface area contributed by atoms with Crippen molar-refractivity contribution >= 4 is 49.4 Å². The summed E-state index contributed by atoms with van der Waals surface area (Å²) in [4.78, 5) is 2.52. The molecular weight excluding hydrogens is 651 g/mol. The molecule has 54 heavy (non-hydrogen) atoms. The molecule has 266 valence electrons. The molecule has 9 rings (SSSR count). The van der Waals surface area contributed by atoms with Gasteiger partial charge in [0.25, 0.3) is 0 Å². The zero-order valence-corrected chi connectivity index (χ0v) is 32.9. The molecule has 1 aliphatic carbocycles. The molecule has 1 nitrogen and oxygen atoms in total. The van der Waals surface area contributed by atoms with Crippen LogP contribution in [0.3, 0.4) is 0 Å². The summed E-state index contributed by atoms with van der Waals surface area (Å²) in [6.07, 6.45) is 0. The average molecular weight is 700 g/mol. The van der Waals surface area contributed by atoms with Crippen LogP contribution in [0.2, 0.25) is 0 Å². The molecule has 8 aromatic rings. The van der Waals surface area contributed by atoms with Crippen molar-refractivity contribution in [2.45, 2.75) is 71.6 Å². The number of nitrogens with zero attached hydrogens (tertiary/aromatic N) is 1. The van der Waals surface area contributed by atoms with Crippen LogP contribution in [-0.2, 0) is 16.2 Å². The van der Waals surface area contributed by atoms with Crippen LogP contribution >= 0.6 is 0 Å². The first-order chi connectivity index (χ1) is 25.8. The van der Waals surface area contributed by atoms with Gasteiger partial charge in [0.2, 0.25) is 0 Å². The van der Waals surface area contributed by atoms with Crippen LogP contribution in [0.25, 0.3) is 54.6 Å². The highest BCUT2D eigenvalue weighted by atomic mass is 15.1. The van der Waals surface area contributed by atoms with E-state index in [1.54, 1.807) is 0 Å². The van der Waals surface area contributed by atoms with E-state index in [2.05, 4.69) is 212 Å². The van der Waals surface area contributed by atoms with Crippen LogP contribution in [0.15, 0.2) is 152 Å². The van der Waals surface area contributed by atoms with E-state index < -0.39 is 0 Å². The van der Waals surface area contributed by atoms with E-state index >= 15 is 0 Å². The quantitative estimate of drug-likeness (QED) is 0.165. The molecule has 0 bridgehead atoms. The van der Waals surface area contributed by atoms with E-state index in [0.717, 1.165) is 11.4 Å². The monoisotopic (exact) mass is 699 g/mol. The normalized spacial score (nSPS) is 13.7. The van der Waals surface area contributed by atoms with E-state index in [-0.39, 0.29) is 16.2 Å². The molecule has 1 aliphatic rings. The molecule has 0 unspecified atom stereocenters. The van der Waals surface area contributed by atoms with E-state index in [1.165, 1.54) is 82.5 Å². The zero-order chi connectivity index (χ0) is 37.6. The van der Waals surface area contributed by atoms with Gasteiger partial charge in [0.15, 0.2) is 0 Å². The highest BCUT2D eigenvalue weighted by Crippen LogP contribution is 2.57. The van der Waals surface area contributed by atoms with Gasteiger partial charge in [-0.25, -0.2) is 0 Å². The second kappa shape index (κ2) is 12.2. The Bertz CT molecular complexity index is 2700. The number of anilines is 3. The third-order valence-electron chi connectivity index (χ3n) is 11.9. The maximum Gasteiger partial charge on any atom is 0.0543 e. The van der Waals surface area contributed by atoms with Gasteiger partial charge in [-0.1, -0.05) is 177 Å². The van der Waals surface area contributed by atoms with Gasteiger partial charge < -0.3 is 4.90 Å². The molecule has 0 saturated carbocycles. The number of hydrogen-bond acceptors (Lipinski definition) is 1. The van der Waals surface area contributed by atoms with Crippen molar-refractivity contribution in [1.29, 1.82) is 0 Å². The minimum absolute atomic E-state index is 0.00595. The highest BCUT2D eigenvalue weighted by molar-refractivity contribution is 6.25.